The molecule has 120 valence electrons. The van der Waals surface area contributed by atoms with E-state index in [1.807, 2.05) is 40.1 Å². The maximum atomic E-state index is 4.44. The predicted molar refractivity (Wildman–Crippen MR) is 91.0 cm³/mol. The van der Waals surface area contributed by atoms with Crippen molar-refractivity contribution in [2.75, 3.05) is 0 Å². The second-order valence-corrected chi connectivity index (χ2v) is 5.93. The molecular formula is C18H23N5. The Morgan fingerprint density at radius 3 is 2.61 bits per heavy atom. The van der Waals surface area contributed by atoms with Gasteiger partial charge in [-0.25, -0.2) is 0 Å². The van der Waals surface area contributed by atoms with Crippen molar-refractivity contribution in [1.82, 2.24) is 24.9 Å². The highest BCUT2D eigenvalue weighted by atomic mass is 15.3. The lowest BCUT2D eigenvalue weighted by atomic mass is 10.1. The SMILES string of the molecule is C[C@H](NCc1cnn(Cc2ccccc2)c1)[C@H](C)n1cccn1. The van der Waals surface area contributed by atoms with Gasteiger partial charge in [0.15, 0.2) is 0 Å². The average Bonchev–Trinajstić information content (AvgIpc) is 3.25. The third-order valence-corrected chi connectivity index (χ3v) is 4.17. The van der Waals surface area contributed by atoms with Crippen molar-refractivity contribution in [3.8, 4) is 0 Å². The largest absolute Gasteiger partial charge is 0.308 e. The Morgan fingerprint density at radius 1 is 1.04 bits per heavy atom. The van der Waals surface area contributed by atoms with Crippen LogP contribution in [0.1, 0.15) is 31.0 Å². The second kappa shape index (κ2) is 7.24. The van der Waals surface area contributed by atoms with Gasteiger partial charge in [-0.2, -0.15) is 10.2 Å². The highest BCUT2D eigenvalue weighted by Gasteiger charge is 2.13. The Balaban J connectivity index is 1.53. The monoisotopic (exact) mass is 309 g/mol. The van der Waals surface area contributed by atoms with Gasteiger partial charge in [0, 0.05) is 36.7 Å². The van der Waals surface area contributed by atoms with Crippen LogP contribution in [0, 0.1) is 0 Å². The molecule has 2 atom stereocenters. The van der Waals surface area contributed by atoms with Crippen molar-refractivity contribution in [3.63, 3.8) is 0 Å². The van der Waals surface area contributed by atoms with Crippen LogP contribution >= 0.6 is 0 Å². The van der Waals surface area contributed by atoms with E-state index in [0.29, 0.717) is 12.1 Å². The Labute approximate surface area is 136 Å². The first-order chi connectivity index (χ1) is 11.2. The van der Waals surface area contributed by atoms with Gasteiger partial charge in [0.1, 0.15) is 0 Å². The number of nitrogens with one attached hydrogen (secondary N) is 1. The average molecular weight is 309 g/mol. The van der Waals surface area contributed by atoms with E-state index in [9.17, 15) is 0 Å². The highest BCUT2D eigenvalue weighted by Crippen LogP contribution is 2.10. The second-order valence-electron chi connectivity index (χ2n) is 5.93. The molecule has 0 saturated carbocycles. The normalized spacial score (nSPS) is 13.8. The third kappa shape index (κ3) is 4.07. The summed E-state index contributed by atoms with van der Waals surface area (Å²) in [5.74, 6) is 0. The summed E-state index contributed by atoms with van der Waals surface area (Å²) >= 11 is 0. The summed E-state index contributed by atoms with van der Waals surface area (Å²) in [7, 11) is 0. The van der Waals surface area contributed by atoms with E-state index in [-0.39, 0.29) is 0 Å². The lowest BCUT2D eigenvalue weighted by molar-refractivity contribution is 0.365. The molecule has 0 aliphatic rings. The van der Waals surface area contributed by atoms with E-state index < -0.39 is 0 Å². The zero-order valence-corrected chi connectivity index (χ0v) is 13.6. The highest BCUT2D eigenvalue weighted by molar-refractivity contribution is 5.15. The summed E-state index contributed by atoms with van der Waals surface area (Å²) < 4.78 is 3.96. The Morgan fingerprint density at radius 2 is 1.87 bits per heavy atom. The standard InChI is InChI=1S/C18H23N5/c1-15(16(2)23-10-6-9-20-23)19-11-18-12-21-22(14-18)13-17-7-4-3-5-8-17/h3-10,12,14-16,19H,11,13H2,1-2H3/t15-,16-/m0/s1. The van der Waals surface area contributed by atoms with Gasteiger partial charge in [-0.1, -0.05) is 30.3 Å². The zero-order chi connectivity index (χ0) is 16.1. The molecule has 2 heterocycles. The zero-order valence-electron chi connectivity index (χ0n) is 13.6. The van der Waals surface area contributed by atoms with E-state index in [1.54, 1.807) is 0 Å². The van der Waals surface area contributed by atoms with Gasteiger partial charge in [0.2, 0.25) is 0 Å². The van der Waals surface area contributed by atoms with Gasteiger partial charge in [0.25, 0.3) is 0 Å². The summed E-state index contributed by atoms with van der Waals surface area (Å²) in [5.41, 5.74) is 2.45. The lowest BCUT2D eigenvalue weighted by Crippen LogP contribution is -2.33. The molecule has 1 N–H and O–H groups in total. The molecule has 0 amide bonds. The van der Waals surface area contributed by atoms with Gasteiger partial charge < -0.3 is 5.32 Å². The number of hydrogen-bond acceptors (Lipinski definition) is 3. The molecule has 0 radical (unpaired) electrons. The summed E-state index contributed by atoms with van der Waals surface area (Å²) in [5, 5.41) is 12.3. The molecule has 3 aromatic rings. The molecule has 0 fully saturated rings. The van der Waals surface area contributed by atoms with Crippen LogP contribution in [0.25, 0.3) is 0 Å². The minimum atomic E-state index is 0.310. The molecule has 5 heteroatoms. The van der Waals surface area contributed by atoms with Gasteiger partial charge in [-0.15, -0.1) is 0 Å². The fourth-order valence-corrected chi connectivity index (χ4v) is 2.55. The van der Waals surface area contributed by atoms with Crippen LogP contribution in [0.3, 0.4) is 0 Å². The minimum Gasteiger partial charge on any atom is -0.308 e. The predicted octanol–water partition coefficient (Wildman–Crippen LogP) is 2.87. The number of nitrogens with zero attached hydrogens (tertiary/aromatic N) is 4. The van der Waals surface area contributed by atoms with Crippen LogP contribution in [-0.2, 0) is 13.1 Å². The van der Waals surface area contributed by atoms with Crippen LogP contribution in [0.15, 0.2) is 61.2 Å². The van der Waals surface area contributed by atoms with Crippen LogP contribution < -0.4 is 5.32 Å². The quantitative estimate of drug-likeness (QED) is 0.730. The van der Waals surface area contributed by atoms with Gasteiger partial charge >= 0.3 is 0 Å². The first-order valence-electron chi connectivity index (χ1n) is 8.00. The van der Waals surface area contributed by atoms with Crippen molar-refractivity contribution in [2.45, 2.75) is 39.0 Å². The summed E-state index contributed by atoms with van der Waals surface area (Å²) in [4.78, 5) is 0. The van der Waals surface area contributed by atoms with Gasteiger partial charge in [0.05, 0.1) is 18.8 Å². The van der Waals surface area contributed by atoms with E-state index >= 15 is 0 Å². The van der Waals surface area contributed by atoms with Crippen molar-refractivity contribution in [2.24, 2.45) is 0 Å². The number of aromatic nitrogens is 4. The Hall–Kier alpha value is -2.40. The van der Waals surface area contributed by atoms with Crippen molar-refractivity contribution >= 4 is 0 Å². The van der Waals surface area contributed by atoms with Crippen molar-refractivity contribution in [3.05, 3.63) is 72.3 Å². The fraction of sp³-hybridized carbons (Fsp3) is 0.333. The summed E-state index contributed by atoms with van der Waals surface area (Å²) in [6.07, 6.45) is 7.85. The summed E-state index contributed by atoms with van der Waals surface area (Å²) in [6, 6.07) is 13.0. The molecule has 0 bridgehead atoms. The van der Waals surface area contributed by atoms with E-state index in [1.165, 1.54) is 11.1 Å². The molecule has 0 aliphatic heterocycles. The molecule has 1 aromatic carbocycles. The molecule has 0 unspecified atom stereocenters. The topological polar surface area (TPSA) is 47.7 Å². The molecule has 0 aliphatic carbocycles. The molecule has 0 spiro atoms. The van der Waals surface area contributed by atoms with Crippen molar-refractivity contribution < 1.29 is 0 Å². The molecule has 2 aromatic heterocycles. The van der Waals surface area contributed by atoms with Crippen LogP contribution in [0.5, 0.6) is 0 Å². The van der Waals surface area contributed by atoms with Gasteiger partial charge in [-0.05, 0) is 25.5 Å². The van der Waals surface area contributed by atoms with E-state index in [2.05, 4.69) is 59.8 Å². The molecule has 23 heavy (non-hydrogen) atoms. The number of hydrogen-bond donors (Lipinski definition) is 1. The Bertz CT molecular complexity index is 702. The van der Waals surface area contributed by atoms with E-state index in [4.69, 9.17) is 0 Å². The van der Waals surface area contributed by atoms with Gasteiger partial charge in [-0.3, -0.25) is 9.36 Å². The molecule has 5 nitrogen and oxygen atoms in total. The minimum absolute atomic E-state index is 0.310. The molecule has 3 rings (SSSR count). The molecular weight excluding hydrogens is 286 g/mol. The maximum Gasteiger partial charge on any atom is 0.0659 e. The van der Waals surface area contributed by atoms with E-state index in [0.717, 1.165) is 13.1 Å². The van der Waals surface area contributed by atoms with Crippen molar-refractivity contribution in [1.29, 1.82) is 0 Å². The first kappa shape index (κ1) is 15.5. The maximum absolute atomic E-state index is 4.44. The number of benzene rings is 1. The number of rotatable bonds is 7. The molecule has 0 saturated heterocycles. The van der Waals surface area contributed by atoms with Crippen LogP contribution in [-0.4, -0.2) is 25.6 Å². The van der Waals surface area contributed by atoms with Crippen LogP contribution in [0.2, 0.25) is 0 Å². The smallest absolute Gasteiger partial charge is 0.0659 e. The summed E-state index contributed by atoms with van der Waals surface area (Å²) in [6.45, 7) is 5.96. The Kier molecular flexibility index (Phi) is 4.88. The lowest BCUT2D eigenvalue weighted by Gasteiger charge is -2.21. The first-order valence-corrected chi connectivity index (χ1v) is 8.00. The van der Waals surface area contributed by atoms with Crippen LogP contribution in [0.4, 0.5) is 0 Å². The third-order valence-electron chi connectivity index (χ3n) is 4.17. The fourth-order valence-electron chi connectivity index (χ4n) is 2.55.